The molecule has 3 heteroatoms. The maximum absolute atomic E-state index is 12.3. The number of hydrogen-bond donors (Lipinski definition) is 0. The molecule has 106 valence electrons. The Hall–Kier alpha value is -2.55. The van der Waals surface area contributed by atoms with Crippen LogP contribution in [-0.4, -0.2) is 6.61 Å². The van der Waals surface area contributed by atoms with E-state index in [0.717, 1.165) is 16.5 Å². The normalized spacial score (nSPS) is 10.8. The molecule has 3 aromatic rings. The van der Waals surface area contributed by atoms with Crippen molar-refractivity contribution < 1.29 is 9.15 Å². The van der Waals surface area contributed by atoms with E-state index in [9.17, 15) is 4.79 Å². The van der Waals surface area contributed by atoms with Gasteiger partial charge in [0.05, 0.1) is 12.2 Å². The quantitative estimate of drug-likeness (QED) is 0.676. The Morgan fingerprint density at radius 3 is 2.57 bits per heavy atom. The third kappa shape index (κ3) is 2.42. The van der Waals surface area contributed by atoms with Crippen molar-refractivity contribution >= 4 is 11.0 Å². The SMILES string of the molecule is CCOc1ccc2c(C)c(-c3ccccc3)c(=O)oc2c1. The largest absolute Gasteiger partial charge is 0.494 e. The fourth-order valence-electron chi connectivity index (χ4n) is 2.53. The molecule has 0 aliphatic carbocycles. The van der Waals surface area contributed by atoms with Crippen molar-refractivity contribution in [2.24, 2.45) is 0 Å². The van der Waals surface area contributed by atoms with Gasteiger partial charge in [0.2, 0.25) is 0 Å². The highest BCUT2D eigenvalue weighted by atomic mass is 16.5. The highest BCUT2D eigenvalue weighted by Crippen LogP contribution is 2.28. The van der Waals surface area contributed by atoms with E-state index in [0.29, 0.717) is 23.5 Å². The zero-order valence-corrected chi connectivity index (χ0v) is 12.1. The summed E-state index contributed by atoms with van der Waals surface area (Å²) in [6.45, 7) is 4.45. The van der Waals surface area contributed by atoms with Gasteiger partial charge in [-0.25, -0.2) is 4.79 Å². The van der Waals surface area contributed by atoms with Crippen molar-refractivity contribution in [2.45, 2.75) is 13.8 Å². The van der Waals surface area contributed by atoms with Gasteiger partial charge in [-0.15, -0.1) is 0 Å². The number of rotatable bonds is 3. The second kappa shape index (κ2) is 5.44. The molecule has 0 saturated carbocycles. The molecule has 3 rings (SSSR count). The van der Waals surface area contributed by atoms with Crippen LogP contribution in [-0.2, 0) is 0 Å². The van der Waals surface area contributed by atoms with Crippen molar-refractivity contribution in [3.8, 4) is 16.9 Å². The Bertz CT molecular complexity index is 832. The first kappa shape index (κ1) is 13.4. The van der Waals surface area contributed by atoms with Crippen molar-refractivity contribution in [3.05, 3.63) is 64.5 Å². The van der Waals surface area contributed by atoms with Gasteiger partial charge in [-0.05, 0) is 37.1 Å². The van der Waals surface area contributed by atoms with Crippen LogP contribution in [0.4, 0.5) is 0 Å². The summed E-state index contributed by atoms with van der Waals surface area (Å²) in [5.74, 6) is 0.708. The van der Waals surface area contributed by atoms with Gasteiger partial charge in [-0.3, -0.25) is 0 Å². The lowest BCUT2D eigenvalue weighted by Gasteiger charge is -2.09. The molecular formula is C18H16O3. The van der Waals surface area contributed by atoms with Crippen LogP contribution in [0.1, 0.15) is 12.5 Å². The van der Waals surface area contributed by atoms with Crippen molar-refractivity contribution in [1.29, 1.82) is 0 Å². The number of aryl methyl sites for hydroxylation is 1. The minimum Gasteiger partial charge on any atom is -0.494 e. The molecule has 0 unspecified atom stereocenters. The van der Waals surface area contributed by atoms with Crippen LogP contribution in [0, 0.1) is 6.92 Å². The van der Waals surface area contributed by atoms with Crippen LogP contribution in [0.25, 0.3) is 22.1 Å². The van der Waals surface area contributed by atoms with Crippen molar-refractivity contribution in [1.82, 2.24) is 0 Å². The van der Waals surface area contributed by atoms with Gasteiger partial charge in [0, 0.05) is 11.5 Å². The van der Waals surface area contributed by atoms with E-state index in [1.807, 2.05) is 56.3 Å². The average Bonchev–Trinajstić information content (AvgIpc) is 2.48. The van der Waals surface area contributed by atoms with Gasteiger partial charge in [0.15, 0.2) is 0 Å². The Morgan fingerprint density at radius 1 is 1.10 bits per heavy atom. The molecular weight excluding hydrogens is 264 g/mol. The predicted octanol–water partition coefficient (Wildman–Crippen LogP) is 4.17. The maximum Gasteiger partial charge on any atom is 0.344 e. The smallest absolute Gasteiger partial charge is 0.344 e. The van der Waals surface area contributed by atoms with E-state index >= 15 is 0 Å². The predicted molar refractivity (Wildman–Crippen MR) is 83.8 cm³/mol. The molecule has 0 bridgehead atoms. The minimum absolute atomic E-state index is 0.320. The van der Waals surface area contributed by atoms with E-state index in [4.69, 9.17) is 9.15 Å². The van der Waals surface area contributed by atoms with E-state index in [-0.39, 0.29) is 5.63 Å². The lowest BCUT2D eigenvalue weighted by molar-refractivity contribution is 0.340. The lowest BCUT2D eigenvalue weighted by atomic mass is 10.00. The van der Waals surface area contributed by atoms with E-state index in [1.54, 1.807) is 6.07 Å². The Morgan fingerprint density at radius 2 is 1.86 bits per heavy atom. The summed E-state index contributed by atoms with van der Waals surface area (Å²) >= 11 is 0. The number of ether oxygens (including phenoxy) is 1. The monoisotopic (exact) mass is 280 g/mol. The molecule has 0 aliphatic heterocycles. The second-order valence-electron chi connectivity index (χ2n) is 4.85. The maximum atomic E-state index is 12.3. The summed E-state index contributed by atoms with van der Waals surface area (Å²) in [5, 5.41) is 0.928. The van der Waals surface area contributed by atoms with Crippen molar-refractivity contribution in [2.75, 3.05) is 6.61 Å². The van der Waals surface area contributed by atoms with E-state index in [2.05, 4.69) is 0 Å². The molecule has 2 aromatic carbocycles. The number of hydrogen-bond acceptors (Lipinski definition) is 3. The van der Waals surface area contributed by atoms with Gasteiger partial charge in [-0.1, -0.05) is 30.3 Å². The summed E-state index contributed by atoms with van der Waals surface area (Å²) in [6.07, 6.45) is 0. The van der Waals surface area contributed by atoms with Crippen LogP contribution in [0.15, 0.2) is 57.7 Å². The summed E-state index contributed by atoms with van der Waals surface area (Å²) < 4.78 is 10.9. The van der Waals surface area contributed by atoms with E-state index < -0.39 is 0 Å². The molecule has 0 aliphatic rings. The topological polar surface area (TPSA) is 39.4 Å². The lowest BCUT2D eigenvalue weighted by Crippen LogP contribution is -2.06. The first-order chi connectivity index (χ1) is 10.2. The van der Waals surface area contributed by atoms with Crippen LogP contribution in [0.3, 0.4) is 0 Å². The number of benzene rings is 2. The van der Waals surface area contributed by atoms with Gasteiger partial charge >= 0.3 is 5.63 Å². The standard InChI is InChI=1S/C18H16O3/c1-3-20-14-9-10-15-12(2)17(13-7-5-4-6-8-13)18(19)21-16(15)11-14/h4-11H,3H2,1-2H3. The van der Waals surface area contributed by atoms with Crippen LogP contribution in [0.2, 0.25) is 0 Å². The molecule has 1 heterocycles. The molecule has 0 N–H and O–H groups in total. The molecule has 0 amide bonds. The highest BCUT2D eigenvalue weighted by molar-refractivity contribution is 5.87. The summed E-state index contributed by atoms with van der Waals surface area (Å²) in [7, 11) is 0. The molecule has 0 saturated heterocycles. The Labute approximate surface area is 122 Å². The fraction of sp³-hybridized carbons (Fsp3) is 0.167. The molecule has 21 heavy (non-hydrogen) atoms. The molecule has 0 atom stereocenters. The Balaban J connectivity index is 2.25. The number of fused-ring (bicyclic) bond motifs is 1. The summed E-state index contributed by atoms with van der Waals surface area (Å²) in [5.41, 5.74) is 2.66. The summed E-state index contributed by atoms with van der Waals surface area (Å²) in [4.78, 5) is 12.3. The third-order valence-corrected chi connectivity index (χ3v) is 3.51. The van der Waals surface area contributed by atoms with E-state index in [1.165, 1.54) is 0 Å². The third-order valence-electron chi connectivity index (χ3n) is 3.51. The van der Waals surface area contributed by atoms with Gasteiger partial charge in [0.25, 0.3) is 0 Å². The molecule has 3 nitrogen and oxygen atoms in total. The fourth-order valence-corrected chi connectivity index (χ4v) is 2.53. The summed E-state index contributed by atoms with van der Waals surface area (Å²) in [6, 6.07) is 15.2. The molecule has 0 spiro atoms. The minimum atomic E-state index is -0.320. The van der Waals surface area contributed by atoms with Gasteiger partial charge in [0.1, 0.15) is 11.3 Å². The van der Waals surface area contributed by atoms with Crippen LogP contribution in [0.5, 0.6) is 5.75 Å². The molecule has 0 fully saturated rings. The first-order valence-corrected chi connectivity index (χ1v) is 6.96. The second-order valence-corrected chi connectivity index (χ2v) is 4.85. The molecule has 1 aromatic heterocycles. The van der Waals surface area contributed by atoms with Crippen LogP contribution < -0.4 is 10.4 Å². The van der Waals surface area contributed by atoms with Crippen molar-refractivity contribution in [3.63, 3.8) is 0 Å². The molecule has 0 radical (unpaired) electrons. The average molecular weight is 280 g/mol. The zero-order chi connectivity index (χ0) is 14.8. The Kier molecular flexibility index (Phi) is 3.48. The highest BCUT2D eigenvalue weighted by Gasteiger charge is 2.13. The van der Waals surface area contributed by atoms with Crippen LogP contribution >= 0.6 is 0 Å². The first-order valence-electron chi connectivity index (χ1n) is 6.96. The van der Waals surface area contributed by atoms with Gasteiger partial charge < -0.3 is 9.15 Å². The van der Waals surface area contributed by atoms with Gasteiger partial charge in [-0.2, -0.15) is 0 Å². The zero-order valence-electron chi connectivity index (χ0n) is 12.1.